The van der Waals surface area contributed by atoms with Gasteiger partial charge in [0.25, 0.3) is 5.91 Å². The highest BCUT2D eigenvalue weighted by atomic mass is 16.5. The van der Waals surface area contributed by atoms with E-state index in [1.54, 1.807) is 31.4 Å². The van der Waals surface area contributed by atoms with Crippen LogP contribution in [-0.4, -0.2) is 13.0 Å². The summed E-state index contributed by atoms with van der Waals surface area (Å²) in [5.74, 6) is 0.494. The average molecular weight is 280 g/mol. The molecule has 0 heterocycles. The first-order chi connectivity index (χ1) is 10.1. The van der Waals surface area contributed by atoms with Crippen molar-refractivity contribution >= 4 is 11.6 Å². The van der Waals surface area contributed by atoms with Crippen molar-refractivity contribution in [2.75, 3.05) is 12.4 Å². The summed E-state index contributed by atoms with van der Waals surface area (Å²) in [5.41, 5.74) is 3.14. The quantitative estimate of drug-likeness (QED) is 0.934. The molecule has 0 saturated heterocycles. The lowest BCUT2D eigenvalue weighted by molar-refractivity contribution is 0.102. The summed E-state index contributed by atoms with van der Waals surface area (Å²) >= 11 is 0. The van der Waals surface area contributed by atoms with Crippen molar-refractivity contribution in [3.05, 3.63) is 59.2 Å². The lowest BCUT2D eigenvalue weighted by atomic mass is 10.1. The third-order valence-corrected chi connectivity index (χ3v) is 3.17. The molecule has 0 fully saturated rings. The molecule has 0 aliphatic carbocycles. The van der Waals surface area contributed by atoms with Crippen LogP contribution in [0.5, 0.6) is 5.75 Å². The fraction of sp³-hybridized carbons (Fsp3) is 0.176. The highest BCUT2D eigenvalue weighted by molar-refractivity contribution is 6.04. The van der Waals surface area contributed by atoms with E-state index in [9.17, 15) is 4.79 Å². The minimum Gasteiger partial charge on any atom is -0.496 e. The summed E-state index contributed by atoms with van der Waals surface area (Å²) in [4.78, 5) is 12.2. The number of amides is 1. The van der Waals surface area contributed by atoms with Gasteiger partial charge in [0, 0.05) is 11.3 Å². The maximum atomic E-state index is 12.2. The van der Waals surface area contributed by atoms with Crippen molar-refractivity contribution in [2.45, 2.75) is 13.3 Å². The average Bonchev–Trinajstić information content (AvgIpc) is 2.50. The first kappa shape index (κ1) is 14.6. The second-order valence-corrected chi connectivity index (χ2v) is 4.67. The van der Waals surface area contributed by atoms with Gasteiger partial charge < -0.3 is 10.1 Å². The Kier molecular flexibility index (Phi) is 4.57. The molecule has 0 aliphatic heterocycles. The summed E-state index contributed by atoms with van der Waals surface area (Å²) in [7, 11) is 1.58. The minimum absolute atomic E-state index is 0.193. The summed E-state index contributed by atoms with van der Waals surface area (Å²) in [6, 6.07) is 14.6. The van der Waals surface area contributed by atoms with Crippen molar-refractivity contribution in [3.63, 3.8) is 0 Å². The molecule has 2 aromatic carbocycles. The Labute approximate surface area is 124 Å². The Hall–Kier alpha value is -2.80. The van der Waals surface area contributed by atoms with Gasteiger partial charge in [-0.1, -0.05) is 18.2 Å². The zero-order valence-corrected chi connectivity index (χ0v) is 12.0. The van der Waals surface area contributed by atoms with Crippen molar-refractivity contribution < 1.29 is 9.53 Å². The molecule has 2 rings (SSSR count). The standard InChI is InChI=1S/C17H16N2O2/c1-12-3-6-14(11-16(12)21-2)17(20)19-15-7-4-13(5-8-15)9-10-18/h3-8,11H,9H2,1-2H3,(H,19,20). The molecular weight excluding hydrogens is 264 g/mol. The summed E-state index contributed by atoms with van der Waals surface area (Å²) < 4.78 is 5.22. The molecule has 2 aromatic rings. The zero-order chi connectivity index (χ0) is 15.2. The van der Waals surface area contributed by atoms with E-state index in [-0.39, 0.29) is 5.91 Å². The minimum atomic E-state index is -0.193. The number of carbonyl (C=O) groups excluding carboxylic acids is 1. The molecule has 4 nitrogen and oxygen atoms in total. The SMILES string of the molecule is COc1cc(C(=O)Nc2ccc(CC#N)cc2)ccc1C. The number of anilines is 1. The molecular formula is C17H16N2O2. The third-order valence-electron chi connectivity index (χ3n) is 3.17. The number of ether oxygens (including phenoxy) is 1. The lowest BCUT2D eigenvalue weighted by Gasteiger charge is -2.09. The van der Waals surface area contributed by atoms with Crippen LogP contribution in [0.4, 0.5) is 5.69 Å². The maximum absolute atomic E-state index is 12.2. The van der Waals surface area contributed by atoms with Gasteiger partial charge in [-0.05, 0) is 42.3 Å². The highest BCUT2D eigenvalue weighted by Crippen LogP contribution is 2.20. The molecule has 0 radical (unpaired) electrons. The molecule has 0 spiro atoms. The number of carbonyl (C=O) groups is 1. The van der Waals surface area contributed by atoms with Crippen LogP contribution >= 0.6 is 0 Å². The van der Waals surface area contributed by atoms with Crippen molar-refractivity contribution in [1.82, 2.24) is 0 Å². The normalized spacial score (nSPS) is 9.76. The van der Waals surface area contributed by atoms with E-state index >= 15 is 0 Å². The van der Waals surface area contributed by atoms with Gasteiger partial charge in [-0.25, -0.2) is 0 Å². The number of nitrogens with zero attached hydrogens (tertiary/aromatic N) is 1. The molecule has 0 aromatic heterocycles. The molecule has 1 amide bonds. The van der Waals surface area contributed by atoms with Crippen LogP contribution in [0.15, 0.2) is 42.5 Å². The van der Waals surface area contributed by atoms with E-state index in [0.29, 0.717) is 23.4 Å². The Morgan fingerprint density at radius 2 is 1.95 bits per heavy atom. The molecule has 0 atom stereocenters. The van der Waals surface area contributed by atoms with Gasteiger partial charge in [-0.2, -0.15) is 5.26 Å². The monoisotopic (exact) mass is 280 g/mol. The molecule has 0 aliphatic rings. The number of nitriles is 1. The fourth-order valence-electron chi connectivity index (χ4n) is 1.96. The molecule has 0 unspecified atom stereocenters. The summed E-state index contributed by atoms with van der Waals surface area (Å²) in [6.45, 7) is 1.93. The van der Waals surface area contributed by atoms with E-state index < -0.39 is 0 Å². The van der Waals surface area contributed by atoms with E-state index in [4.69, 9.17) is 10.00 Å². The Bertz CT molecular complexity index is 685. The molecule has 0 bridgehead atoms. The number of benzene rings is 2. The van der Waals surface area contributed by atoms with Gasteiger partial charge in [-0.15, -0.1) is 0 Å². The van der Waals surface area contributed by atoms with Crippen molar-refractivity contribution in [2.24, 2.45) is 0 Å². The molecule has 4 heteroatoms. The van der Waals surface area contributed by atoms with E-state index in [2.05, 4.69) is 11.4 Å². The molecule has 106 valence electrons. The number of hydrogen-bond donors (Lipinski definition) is 1. The van der Waals surface area contributed by atoms with Gasteiger partial charge in [-0.3, -0.25) is 4.79 Å². The Morgan fingerprint density at radius 3 is 2.57 bits per heavy atom. The number of hydrogen-bond acceptors (Lipinski definition) is 3. The first-order valence-corrected chi connectivity index (χ1v) is 6.56. The lowest BCUT2D eigenvalue weighted by Crippen LogP contribution is -2.12. The predicted octanol–water partition coefficient (Wildman–Crippen LogP) is 3.32. The van der Waals surface area contributed by atoms with E-state index in [1.807, 2.05) is 25.1 Å². The predicted molar refractivity (Wildman–Crippen MR) is 81.4 cm³/mol. The van der Waals surface area contributed by atoms with Crippen molar-refractivity contribution in [3.8, 4) is 11.8 Å². The van der Waals surface area contributed by atoms with Crippen LogP contribution in [-0.2, 0) is 6.42 Å². The van der Waals surface area contributed by atoms with Crippen LogP contribution in [0.2, 0.25) is 0 Å². The largest absolute Gasteiger partial charge is 0.496 e. The first-order valence-electron chi connectivity index (χ1n) is 6.56. The second kappa shape index (κ2) is 6.58. The van der Waals surface area contributed by atoms with Gasteiger partial charge in [0.15, 0.2) is 0 Å². The second-order valence-electron chi connectivity index (χ2n) is 4.67. The molecule has 1 N–H and O–H groups in total. The van der Waals surface area contributed by atoms with Gasteiger partial charge in [0.1, 0.15) is 5.75 Å². The Balaban J connectivity index is 2.12. The van der Waals surface area contributed by atoms with Gasteiger partial charge in [0.2, 0.25) is 0 Å². The maximum Gasteiger partial charge on any atom is 0.255 e. The molecule has 21 heavy (non-hydrogen) atoms. The number of methoxy groups -OCH3 is 1. The number of rotatable bonds is 4. The summed E-state index contributed by atoms with van der Waals surface area (Å²) in [5, 5.41) is 11.4. The number of aryl methyl sites for hydroxylation is 1. The van der Waals surface area contributed by atoms with E-state index in [1.165, 1.54) is 0 Å². The zero-order valence-electron chi connectivity index (χ0n) is 12.0. The summed E-state index contributed by atoms with van der Waals surface area (Å²) in [6.07, 6.45) is 0.364. The fourth-order valence-corrected chi connectivity index (χ4v) is 1.96. The van der Waals surface area contributed by atoms with Crippen LogP contribution in [0.3, 0.4) is 0 Å². The molecule has 0 saturated carbocycles. The van der Waals surface area contributed by atoms with Crippen LogP contribution in [0.25, 0.3) is 0 Å². The smallest absolute Gasteiger partial charge is 0.255 e. The van der Waals surface area contributed by atoms with Gasteiger partial charge >= 0.3 is 0 Å². The third kappa shape index (κ3) is 3.61. The van der Waals surface area contributed by atoms with Gasteiger partial charge in [0.05, 0.1) is 19.6 Å². The van der Waals surface area contributed by atoms with Crippen LogP contribution in [0, 0.1) is 18.3 Å². The number of nitrogens with one attached hydrogen (secondary N) is 1. The van der Waals surface area contributed by atoms with Crippen LogP contribution < -0.4 is 10.1 Å². The van der Waals surface area contributed by atoms with Crippen molar-refractivity contribution in [1.29, 1.82) is 5.26 Å². The van der Waals surface area contributed by atoms with E-state index in [0.717, 1.165) is 11.1 Å². The Morgan fingerprint density at radius 1 is 1.24 bits per heavy atom. The highest BCUT2D eigenvalue weighted by Gasteiger charge is 2.09. The topological polar surface area (TPSA) is 62.1 Å². The van der Waals surface area contributed by atoms with Crippen LogP contribution in [0.1, 0.15) is 21.5 Å².